The van der Waals surface area contributed by atoms with Crippen molar-refractivity contribution in [3.05, 3.63) is 59.9 Å². The van der Waals surface area contributed by atoms with Crippen LogP contribution in [0.5, 0.6) is 0 Å². The van der Waals surface area contributed by atoms with Crippen molar-refractivity contribution in [2.75, 3.05) is 7.11 Å². The second-order valence-corrected chi connectivity index (χ2v) is 3.37. The Kier molecular flexibility index (Phi) is 2.68. The summed E-state index contributed by atoms with van der Waals surface area (Å²) in [7, 11) is 1.52. The first-order valence-electron chi connectivity index (χ1n) is 4.84. The Morgan fingerprint density at radius 3 is 2.60 bits per heavy atom. The van der Waals surface area contributed by atoms with Crippen LogP contribution in [0.25, 0.3) is 0 Å². The second kappa shape index (κ2) is 4.13. The number of benzene rings is 1. The third-order valence-corrected chi connectivity index (χ3v) is 2.46. The molecule has 0 spiro atoms. The Bertz CT molecular complexity index is 415. The summed E-state index contributed by atoms with van der Waals surface area (Å²) in [5, 5.41) is 0. The van der Waals surface area contributed by atoms with Crippen molar-refractivity contribution in [1.29, 1.82) is 0 Å². The lowest BCUT2D eigenvalue weighted by molar-refractivity contribution is -0.119. The molecule has 0 N–H and O–H groups in total. The first-order chi connectivity index (χ1) is 7.33. The van der Waals surface area contributed by atoms with Crippen LogP contribution in [0, 0.1) is 0 Å². The van der Waals surface area contributed by atoms with Gasteiger partial charge in [0.05, 0.1) is 13.0 Å². The summed E-state index contributed by atoms with van der Waals surface area (Å²) >= 11 is 0. The molecule has 0 saturated carbocycles. The molecule has 1 atom stereocenters. The van der Waals surface area contributed by atoms with Crippen molar-refractivity contribution < 1.29 is 9.53 Å². The van der Waals surface area contributed by atoms with Crippen LogP contribution in [0.3, 0.4) is 0 Å². The third kappa shape index (κ3) is 1.84. The molecule has 0 unspecified atom stereocenters. The Morgan fingerprint density at radius 2 is 1.93 bits per heavy atom. The highest BCUT2D eigenvalue weighted by atomic mass is 16.5. The molecule has 1 aromatic rings. The quantitative estimate of drug-likeness (QED) is 0.733. The molecule has 0 radical (unpaired) electrons. The van der Waals surface area contributed by atoms with Crippen molar-refractivity contribution in [3.8, 4) is 0 Å². The van der Waals surface area contributed by atoms with Gasteiger partial charge in [0.1, 0.15) is 0 Å². The third-order valence-electron chi connectivity index (χ3n) is 2.46. The zero-order valence-corrected chi connectivity index (χ0v) is 8.51. The summed E-state index contributed by atoms with van der Waals surface area (Å²) in [5.74, 6) is 0.240. The largest absolute Gasteiger partial charge is 0.493 e. The zero-order valence-electron chi connectivity index (χ0n) is 8.51. The average molecular weight is 200 g/mol. The molecule has 0 heterocycles. The number of ketones is 1. The van der Waals surface area contributed by atoms with Gasteiger partial charge in [0.25, 0.3) is 0 Å². The molecule has 0 amide bonds. The van der Waals surface area contributed by atoms with E-state index in [1.807, 2.05) is 42.5 Å². The molecule has 1 aliphatic rings. The number of rotatable bonds is 2. The fourth-order valence-electron chi connectivity index (χ4n) is 1.67. The summed E-state index contributed by atoms with van der Waals surface area (Å²) in [6.45, 7) is 0. The maximum atomic E-state index is 11.9. The van der Waals surface area contributed by atoms with Crippen LogP contribution >= 0.6 is 0 Å². The Labute approximate surface area is 88.9 Å². The predicted octanol–water partition coefficient (Wildman–Crippen LogP) is 2.44. The highest BCUT2D eigenvalue weighted by Gasteiger charge is 2.23. The standard InChI is InChI=1S/C13H12O2/c1-15-12-9-5-8-11(13(12)14)10-6-3-2-4-7-10/h2-9,11H,1H3/t11-/m1/s1. The molecule has 2 heteroatoms. The van der Waals surface area contributed by atoms with Crippen molar-refractivity contribution in [2.24, 2.45) is 0 Å². The molecule has 2 rings (SSSR count). The van der Waals surface area contributed by atoms with E-state index in [4.69, 9.17) is 4.74 Å². The van der Waals surface area contributed by atoms with Crippen LogP contribution in [-0.2, 0) is 9.53 Å². The molecular formula is C13H12O2. The maximum Gasteiger partial charge on any atom is 0.208 e. The molecule has 0 bridgehead atoms. The smallest absolute Gasteiger partial charge is 0.208 e. The monoisotopic (exact) mass is 200 g/mol. The lowest BCUT2D eigenvalue weighted by Crippen LogP contribution is -2.16. The average Bonchev–Trinajstić information content (AvgIpc) is 2.30. The van der Waals surface area contributed by atoms with Gasteiger partial charge in [-0.3, -0.25) is 4.79 Å². The van der Waals surface area contributed by atoms with Crippen molar-refractivity contribution in [1.82, 2.24) is 0 Å². The van der Waals surface area contributed by atoms with Gasteiger partial charge in [-0.25, -0.2) is 0 Å². The van der Waals surface area contributed by atoms with Crippen LogP contribution in [0.2, 0.25) is 0 Å². The minimum Gasteiger partial charge on any atom is -0.493 e. The topological polar surface area (TPSA) is 26.3 Å². The van der Waals surface area contributed by atoms with Crippen LogP contribution < -0.4 is 0 Å². The molecule has 0 fully saturated rings. The van der Waals surface area contributed by atoms with Crippen molar-refractivity contribution >= 4 is 5.78 Å². The van der Waals surface area contributed by atoms with E-state index >= 15 is 0 Å². The number of allylic oxidation sites excluding steroid dienone is 4. The number of Topliss-reactive ketones (excluding diaryl/α,β-unsaturated/α-hetero) is 1. The number of hydrogen-bond acceptors (Lipinski definition) is 2. The van der Waals surface area contributed by atoms with Crippen LogP contribution in [0.15, 0.2) is 54.3 Å². The SMILES string of the molecule is COC1=CC=C[C@H](c2ccccc2)C1=O. The van der Waals surface area contributed by atoms with Gasteiger partial charge in [0.15, 0.2) is 5.76 Å². The normalized spacial score (nSPS) is 19.9. The minimum absolute atomic E-state index is 0.0196. The molecule has 1 aromatic carbocycles. The molecule has 0 aromatic heterocycles. The van der Waals surface area contributed by atoms with Crippen molar-refractivity contribution in [3.63, 3.8) is 0 Å². The van der Waals surface area contributed by atoms with Gasteiger partial charge in [-0.2, -0.15) is 0 Å². The number of methoxy groups -OCH3 is 1. The Balaban J connectivity index is 2.31. The minimum atomic E-state index is -0.203. The molecule has 2 nitrogen and oxygen atoms in total. The van der Waals surface area contributed by atoms with E-state index in [1.54, 1.807) is 6.08 Å². The van der Waals surface area contributed by atoms with E-state index in [0.29, 0.717) is 5.76 Å². The lowest BCUT2D eigenvalue weighted by atomic mass is 9.90. The maximum absolute atomic E-state index is 11.9. The summed E-state index contributed by atoms with van der Waals surface area (Å²) in [6.07, 6.45) is 5.44. The first kappa shape index (κ1) is 9.71. The zero-order chi connectivity index (χ0) is 10.7. The summed E-state index contributed by atoms with van der Waals surface area (Å²) < 4.78 is 5.02. The van der Waals surface area contributed by atoms with Gasteiger partial charge in [-0.1, -0.05) is 42.5 Å². The van der Waals surface area contributed by atoms with E-state index in [0.717, 1.165) is 5.56 Å². The predicted molar refractivity (Wildman–Crippen MR) is 58.4 cm³/mol. The second-order valence-electron chi connectivity index (χ2n) is 3.37. The number of carbonyl (C=O) groups is 1. The molecule has 0 aliphatic heterocycles. The lowest BCUT2D eigenvalue weighted by Gasteiger charge is -2.16. The van der Waals surface area contributed by atoms with E-state index in [2.05, 4.69) is 0 Å². The van der Waals surface area contributed by atoms with Gasteiger partial charge >= 0.3 is 0 Å². The van der Waals surface area contributed by atoms with E-state index < -0.39 is 0 Å². The van der Waals surface area contributed by atoms with Gasteiger partial charge in [-0.05, 0) is 11.6 Å². The molecule has 0 saturated heterocycles. The summed E-state index contributed by atoms with van der Waals surface area (Å²) in [6, 6.07) is 9.70. The van der Waals surface area contributed by atoms with Gasteiger partial charge < -0.3 is 4.74 Å². The molecule has 76 valence electrons. The summed E-state index contributed by atoms with van der Waals surface area (Å²) in [4.78, 5) is 11.9. The van der Waals surface area contributed by atoms with E-state index in [-0.39, 0.29) is 11.7 Å². The summed E-state index contributed by atoms with van der Waals surface area (Å²) in [5.41, 5.74) is 1.00. The van der Waals surface area contributed by atoms with Crippen LogP contribution in [0.1, 0.15) is 11.5 Å². The number of ether oxygens (including phenoxy) is 1. The number of carbonyl (C=O) groups excluding carboxylic acids is 1. The van der Waals surface area contributed by atoms with Crippen LogP contribution in [0.4, 0.5) is 0 Å². The highest BCUT2D eigenvalue weighted by Crippen LogP contribution is 2.25. The Morgan fingerprint density at radius 1 is 1.20 bits per heavy atom. The highest BCUT2D eigenvalue weighted by molar-refractivity contribution is 6.01. The van der Waals surface area contributed by atoms with Gasteiger partial charge in [0, 0.05) is 0 Å². The fraction of sp³-hybridized carbons (Fsp3) is 0.154. The Hall–Kier alpha value is -1.83. The van der Waals surface area contributed by atoms with E-state index in [9.17, 15) is 4.79 Å². The fourth-order valence-corrected chi connectivity index (χ4v) is 1.67. The van der Waals surface area contributed by atoms with Crippen molar-refractivity contribution in [2.45, 2.75) is 5.92 Å². The molecular weight excluding hydrogens is 188 g/mol. The number of hydrogen-bond donors (Lipinski definition) is 0. The first-order valence-corrected chi connectivity index (χ1v) is 4.84. The molecule has 1 aliphatic carbocycles. The molecule has 15 heavy (non-hydrogen) atoms. The van der Waals surface area contributed by atoms with Gasteiger partial charge in [0.2, 0.25) is 5.78 Å². The van der Waals surface area contributed by atoms with Crippen LogP contribution in [-0.4, -0.2) is 12.9 Å². The van der Waals surface area contributed by atoms with Gasteiger partial charge in [-0.15, -0.1) is 0 Å². The van der Waals surface area contributed by atoms with E-state index in [1.165, 1.54) is 7.11 Å².